The predicted octanol–water partition coefficient (Wildman–Crippen LogP) is 2.43. The third-order valence-electron chi connectivity index (χ3n) is 3.56. The Bertz CT molecular complexity index is 329. The van der Waals surface area contributed by atoms with E-state index in [9.17, 15) is 0 Å². The van der Waals surface area contributed by atoms with Crippen LogP contribution in [0.15, 0.2) is 24.3 Å². The van der Waals surface area contributed by atoms with Crippen LogP contribution >= 0.6 is 0 Å². The third-order valence-corrected chi connectivity index (χ3v) is 3.56. The second-order valence-corrected chi connectivity index (χ2v) is 4.86. The predicted molar refractivity (Wildman–Crippen MR) is 70.0 cm³/mol. The van der Waals surface area contributed by atoms with Gasteiger partial charge < -0.3 is 10.2 Å². The van der Waals surface area contributed by atoms with E-state index in [1.165, 1.54) is 37.2 Å². The number of hydrogen-bond acceptors (Lipinski definition) is 2. The fourth-order valence-electron chi connectivity index (χ4n) is 2.45. The molecule has 0 radical (unpaired) electrons. The lowest BCUT2D eigenvalue weighted by Crippen LogP contribution is -2.22. The topological polar surface area (TPSA) is 15.3 Å². The molecule has 16 heavy (non-hydrogen) atoms. The number of rotatable bonds is 4. The van der Waals surface area contributed by atoms with Crippen molar-refractivity contribution in [3.8, 4) is 0 Å². The van der Waals surface area contributed by atoms with E-state index in [1.54, 1.807) is 0 Å². The van der Waals surface area contributed by atoms with Crippen LogP contribution in [0, 0.1) is 12.8 Å². The summed E-state index contributed by atoms with van der Waals surface area (Å²) >= 11 is 0. The summed E-state index contributed by atoms with van der Waals surface area (Å²) in [6.07, 6.45) is 2.65. The second kappa shape index (κ2) is 5.35. The van der Waals surface area contributed by atoms with Gasteiger partial charge in [0.15, 0.2) is 0 Å². The maximum atomic E-state index is 3.43. The molecule has 1 unspecified atom stereocenters. The molecule has 0 bridgehead atoms. The van der Waals surface area contributed by atoms with Crippen molar-refractivity contribution < 1.29 is 0 Å². The van der Waals surface area contributed by atoms with Crippen molar-refractivity contribution >= 4 is 5.69 Å². The van der Waals surface area contributed by atoms with Crippen molar-refractivity contribution in [1.29, 1.82) is 0 Å². The molecular weight excluding hydrogens is 196 g/mol. The number of benzene rings is 1. The summed E-state index contributed by atoms with van der Waals surface area (Å²) in [5, 5.41) is 3.43. The molecule has 1 atom stereocenters. The minimum Gasteiger partial charge on any atom is -0.374 e. The van der Waals surface area contributed by atoms with Crippen molar-refractivity contribution in [3.05, 3.63) is 29.8 Å². The molecule has 2 heteroatoms. The van der Waals surface area contributed by atoms with Gasteiger partial charge in [-0.05, 0) is 50.4 Å². The second-order valence-electron chi connectivity index (χ2n) is 4.86. The largest absolute Gasteiger partial charge is 0.374 e. The molecule has 1 saturated heterocycles. The summed E-state index contributed by atoms with van der Waals surface area (Å²) < 4.78 is 0. The Morgan fingerprint density at radius 1 is 1.38 bits per heavy atom. The lowest BCUT2D eigenvalue weighted by atomic mass is 10.0. The summed E-state index contributed by atoms with van der Waals surface area (Å²) in [5.41, 5.74) is 2.74. The van der Waals surface area contributed by atoms with E-state index >= 15 is 0 Å². The van der Waals surface area contributed by atoms with Crippen LogP contribution in [0.3, 0.4) is 0 Å². The number of aryl methyl sites for hydroxylation is 1. The Labute approximate surface area is 98.7 Å². The van der Waals surface area contributed by atoms with Crippen LogP contribution in [0.4, 0.5) is 5.69 Å². The Morgan fingerprint density at radius 2 is 2.19 bits per heavy atom. The fourth-order valence-corrected chi connectivity index (χ4v) is 2.45. The van der Waals surface area contributed by atoms with E-state index in [0.717, 1.165) is 12.5 Å². The van der Waals surface area contributed by atoms with Gasteiger partial charge in [-0.1, -0.05) is 18.2 Å². The maximum Gasteiger partial charge on any atom is 0.0393 e. The van der Waals surface area contributed by atoms with E-state index in [2.05, 4.69) is 48.5 Å². The number of para-hydroxylation sites is 1. The SMILES string of the molecule is Cc1ccccc1N(C)CCC1CCNC1. The number of hydrogen-bond donors (Lipinski definition) is 1. The molecule has 88 valence electrons. The molecule has 0 saturated carbocycles. The molecule has 1 aromatic carbocycles. The first kappa shape index (κ1) is 11.5. The lowest BCUT2D eigenvalue weighted by molar-refractivity contribution is 0.533. The highest BCUT2D eigenvalue weighted by Crippen LogP contribution is 2.20. The van der Waals surface area contributed by atoms with Gasteiger partial charge >= 0.3 is 0 Å². The first-order valence-corrected chi connectivity index (χ1v) is 6.25. The van der Waals surface area contributed by atoms with Crippen LogP contribution < -0.4 is 10.2 Å². The zero-order valence-corrected chi connectivity index (χ0v) is 10.4. The van der Waals surface area contributed by atoms with Crippen LogP contribution in [-0.2, 0) is 0 Å². The highest BCUT2D eigenvalue weighted by atomic mass is 15.1. The highest BCUT2D eigenvalue weighted by molar-refractivity contribution is 5.52. The standard InChI is InChI=1S/C14H22N2/c1-12-5-3-4-6-14(12)16(2)10-8-13-7-9-15-11-13/h3-6,13,15H,7-11H2,1-2H3. The molecule has 2 nitrogen and oxygen atoms in total. The zero-order chi connectivity index (χ0) is 11.4. The molecular formula is C14H22N2. The minimum absolute atomic E-state index is 0.881. The monoisotopic (exact) mass is 218 g/mol. The van der Waals surface area contributed by atoms with Crippen LogP contribution in [0.25, 0.3) is 0 Å². The van der Waals surface area contributed by atoms with E-state index in [-0.39, 0.29) is 0 Å². The van der Waals surface area contributed by atoms with Crippen LogP contribution in [0.5, 0.6) is 0 Å². The summed E-state index contributed by atoms with van der Waals surface area (Å²) in [5.74, 6) is 0.881. The molecule has 0 amide bonds. The molecule has 0 spiro atoms. The van der Waals surface area contributed by atoms with E-state index in [0.29, 0.717) is 0 Å². The Balaban J connectivity index is 1.87. The van der Waals surface area contributed by atoms with Gasteiger partial charge in [-0.2, -0.15) is 0 Å². The summed E-state index contributed by atoms with van der Waals surface area (Å²) in [6, 6.07) is 8.62. The van der Waals surface area contributed by atoms with E-state index < -0.39 is 0 Å². The van der Waals surface area contributed by atoms with Crippen LogP contribution in [-0.4, -0.2) is 26.7 Å². The Kier molecular flexibility index (Phi) is 3.83. The quantitative estimate of drug-likeness (QED) is 0.835. The molecule has 0 aromatic heterocycles. The van der Waals surface area contributed by atoms with Crippen molar-refractivity contribution in [2.45, 2.75) is 19.8 Å². The van der Waals surface area contributed by atoms with Crippen molar-refractivity contribution in [1.82, 2.24) is 5.32 Å². The normalized spacial score (nSPS) is 20.0. The molecule has 1 heterocycles. The molecule has 1 fully saturated rings. The zero-order valence-electron chi connectivity index (χ0n) is 10.4. The first-order chi connectivity index (χ1) is 7.77. The maximum absolute atomic E-state index is 3.43. The van der Waals surface area contributed by atoms with Crippen molar-refractivity contribution in [2.75, 3.05) is 31.6 Å². The summed E-state index contributed by atoms with van der Waals surface area (Å²) in [4.78, 5) is 2.38. The lowest BCUT2D eigenvalue weighted by Gasteiger charge is -2.22. The smallest absolute Gasteiger partial charge is 0.0393 e. The fraction of sp³-hybridized carbons (Fsp3) is 0.571. The van der Waals surface area contributed by atoms with E-state index in [1.807, 2.05) is 0 Å². The molecule has 1 aliphatic heterocycles. The average molecular weight is 218 g/mol. The molecule has 1 aromatic rings. The molecule has 1 aliphatic rings. The number of anilines is 1. The van der Waals surface area contributed by atoms with Crippen molar-refractivity contribution in [3.63, 3.8) is 0 Å². The average Bonchev–Trinajstić information content (AvgIpc) is 2.79. The first-order valence-electron chi connectivity index (χ1n) is 6.25. The Hall–Kier alpha value is -1.02. The van der Waals surface area contributed by atoms with Crippen LogP contribution in [0.2, 0.25) is 0 Å². The van der Waals surface area contributed by atoms with Gasteiger partial charge in [-0.3, -0.25) is 0 Å². The minimum atomic E-state index is 0.881. The van der Waals surface area contributed by atoms with Crippen LogP contribution in [0.1, 0.15) is 18.4 Å². The number of nitrogens with one attached hydrogen (secondary N) is 1. The molecule has 2 rings (SSSR count). The molecule has 1 N–H and O–H groups in total. The Morgan fingerprint density at radius 3 is 2.88 bits per heavy atom. The third kappa shape index (κ3) is 2.76. The van der Waals surface area contributed by atoms with Gasteiger partial charge in [0.25, 0.3) is 0 Å². The van der Waals surface area contributed by atoms with Gasteiger partial charge in [-0.25, -0.2) is 0 Å². The summed E-state index contributed by atoms with van der Waals surface area (Å²) in [6.45, 7) is 5.76. The van der Waals surface area contributed by atoms with Gasteiger partial charge in [0.2, 0.25) is 0 Å². The summed E-state index contributed by atoms with van der Waals surface area (Å²) in [7, 11) is 2.20. The van der Waals surface area contributed by atoms with Gasteiger partial charge in [-0.15, -0.1) is 0 Å². The molecule has 0 aliphatic carbocycles. The van der Waals surface area contributed by atoms with Crippen molar-refractivity contribution in [2.24, 2.45) is 5.92 Å². The number of nitrogens with zero attached hydrogens (tertiary/aromatic N) is 1. The highest BCUT2D eigenvalue weighted by Gasteiger charge is 2.15. The van der Waals surface area contributed by atoms with Gasteiger partial charge in [0, 0.05) is 19.3 Å². The van der Waals surface area contributed by atoms with Gasteiger partial charge in [0.05, 0.1) is 0 Å². The van der Waals surface area contributed by atoms with Gasteiger partial charge in [0.1, 0.15) is 0 Å². The van der Waals surface area contributed by atoms with E-state index in [4.69, 9.17) is 0 Å².